The molecule has 0 spiro atoms. The lowest BCUT2D eigenvalue weighted by Gasteiger charge is -2.25. The van der Waals surface area contributed by atoms with Crippen LogP contribution in [0, 0.1) is 5.92 Å². The number of hydrogen-bond acceptors (Lipinski definition) is 2. The lowest BCUT2D eigenvalue weighted by atomic mass is 10.0. The fourth-order valence-electron chi connectivity index (χ4n) is 2.97. The molecule has 1 atom stereocenters. The van der Waals surface area contributed by atoms with Gasteiger partial charge in [0.05, 0.1) is 0 Å². The standard InChI is InChI=1S/C21H25NO2/c1-16(18-12-13-18)22(2)21(23)15-24-20-11-7-6-10-19(20)14-17-8-4-3-5-9-17/h3-11,16,18H,12-15H2,1-2H3. The number of hydrogen-bond donors (Lipinski definition) is 0. The van der Waals surface area contributed by atoms with Crippen molar-refractivity contribution in [3.8, 4) is 5.75 Å². The second-order valence-corrected chi connectivity index (χ2v) is 6.64. The van der Waals surface area contributed by atoms with Gasteiger partial charge in [-0.15, -0.1) is 0 Å². The Morgan fingerprint density at radius 1 is 1.12 bits per heavy atom. The predicted molar refractivity (Wildman–Crippen MR) is 96.1 cm³/mol. The number of para-hydroxylation sites is 1. The number of rotatable bonds is 7. The van der Waals surface area contributed by atoms with Crippen molar-refractivity contribution in [3.63, 3.8) is 0 Å². The third kappa shape index (κ3) is 4.16. The van der Waals surface area contributed by atoms with Crippen LogP contribution in [0.15, 0.2) is 54.6 Å². The molecule has 1 aliphatic rings. The first-order valence-corrected chi connectivity index (χ1v) is 8.65. The number of nitrogens with zero attached hydrogens (tertiary/aromatic N) is 1. The van der Waals surface area contributed by atoms with Gasteiger partial charge < -0.3 is 9.64 Å². The van der Waals surface area contributed by atoms with Crippen LogP contribution in [-0.2, 0) is 11.2 Å². The minimum absolute atomic E-state index is 0.0453. The summed E-state index contributed by atoms with van der Waals surface area (Å²) in [5.41, 5.74) is 2.34. The molecule has 1 amide bonds. The Balaban J connectivity index is 1.61. The van der Waals surface area contributed by atoms with Crippen LogP contribution in [0.5, 0.6) is 5.75 Å². The van der Waals surface area contributed by atoms with E-state index >= 15 is 0 Å². The highest BCUT2D eigenvalue weighted by Gasteiger charge is 2.32. The molecule has 0 saturated heterocycles. The zero-order valence-electron chi connectivity index (χ0n) is 14.4. The van der Waals surface area contributed by atoms with Crippen LogP contribution in [0.2, 0.25) is 0 Å². The maximum atomic E-state index is 12.4. The SMILES string of the molecule is CC(C1CC1)N(C)C(=O)COc1ccccc1Cc1ccccc1. The fourth-order valence-corrected chi connectivity index (χ4v) is 2.97. The van der Waals surface area contributed by atoms with E-state index in [0.717, 1.165) is 17.7 Å². The quantitative estimate of drug-likeness (QED) is 0.773. The Morgan fingerprint density at radius 2 is 1.79 bits per heavy atom. The molecule has 1 saturated carbocycles. The van der Waals surface area contributed by atoms with Gasteiger partial charge >= 0.3 is 0 Å². The van der Waals surface area contributed by atoms with Gasteiger partial charge in [0.25, 0.3) is 5.91 Å². The molecule has 3 rings (SSSR count). The summed E-state index contributed by atoms with van der Waals surface area (Å²) in [5.74, 6) is 1.51. The Labute approximate surface area is 144 Å². The van der Waals surface area contributed by atoms with E-state index in [1.807, 2.05) is 48.3 Å². The third-order valence-corrected chi connectivity index (χ3v) is 4.87. The average Bonchev–Trinajstić information content (AvgIpc) is 3.45. The molecular weight excluding hydrogens is 298 g/mol. The van der Waals surface area contributed by atoms with E-state index in [9.17, 15) is 4.79 Å². The van der Waals surface area contributed by atoms with E-state index in [0.29, 0.717) is 12.0 Å². The van der Waals surface area contributed by atoms with Crippen molar-refractivity contribution in [2.24, 2.45) is 5.92 Å². The van der Waals surface area contributed by atoms with E-state index in [1.165, 1.54) is 18.4 Å². The van der Waals surface area contributed by atoms with Crippen LogP contribution in [0.4, 0.5) is 0 Å². The van der Waals surface area contributed by atoms with E-state index < -0.39 is 0 Å². The van der Waals surface area contributed by atoms with Crippen molar-refractivity contribution in [2.45, 2.75) is 32.2 Å². The normalized spacial score (nSPS) is 14.9. The molecule has 1 unspecified atom stereocenters. The van der Waals surface area contributed by atoms with Crippen LogP contribution in [0.25, 0.3) is 0 Å². The summed E-state index contributed by atoms with van der Waals surface area (Å²) in [4.78, 5) is 14.2. The van der Waals surface area contributed by atoms with Gasteiger partial charge in [-0.05, 0) is 42.9 Å². The van der Waals surface area contributed by atoms with Crippen LogP contribution < -0.4 is 4.74 Å². The highest BCUT2D eigenvalue weighted by Crippen LogP contribution is 2.34. The van der Waals surface area contributed by atoms with Crippen LogP contribution in [0.1, 0.15) is 30.9 Å². The molecule has 126 valence electrons. The monoisotopic (exact) mass is 323 g/mol. The molecule has 0 aromatic heterocycles. The number of carbonyl (C=O) groups is 1. The van der Waals surface area contributed by atoms with Crippen LogP contribution in [-0.4, -0.2) is 30.5 Å². The van der Waals surface area contributed by atoms with Gasteiger partial charge in [0.2, 0.25) is 0 Å². The first-order chi connectivity index (χ1) is 11.6. The maximum Gasteiger partial charge on any atom is 0.260 e. The summed E-state index contributed by atoms with van der Waals surface area (Å²) in [7, 11) is 1.88. The topological polar surface area (TPSA) is 29.5 Å². The fraction of sp³-hybridized carbons (Fsp3) is 0.381. The molecule has 0 N–H and O–H groups in total. The van der Waals surface area contributed by atoms with E-state index in [4.69, 9.17) is 4.74 Å². The molecule has 3 nitrogen and oxygen atoms in total. The Bertz CT molecular complexity index is 679. The number of carbonyl (C=O) groups excluding carboxylic acids is 1. The summed E-state index contributed by atoms with van der Waals surface area (Å²) in [6, 6.07) is 18.6. The number of benzene rings is 2. The molecule has 3 heteroatoms. The van der Waals surface area contributed by atoms with Gasteiger partial charge in [-0.1, -0.05) is 48.5 Å². The molecule has 0 radical (unpaired) electrons. The second kappa shape index (κ2) is 7.52. The van der Waals surface area contributed by atoms with E-state index in [1.54, 1.807) is 0 Å². The van der Waals surface area contributed by atoms with Crippen LogP contribution >= 0.6 is 0 Å². The zero-order valence-corrected chi connectivity index (χ0v) is 14.4. The van der Waals surface area contributed by atoms with Gasteiger partial charge in [0.15, 0.2) is 6.61 Å². The van der Waals surface area contributed by atoms with Crippen molar-refractivity contribution in [2.75, 3.05) is 13.7 Å². The summed E-state index contributed by atoms with van der Waals surface area (Å²) in [6.45, 7) is 2.22. The van der Waals surface area contributed by atoms with Crippen molar-refractivity contribution >= 4 is 5.91 Å². The van der Waals surface area contributed by atoms with Gasteiger partial charge in [-0.2, -0.15) is 0 Å². The summed E-state index contributed by atoms with van der Waals surface area (Å²) < 4.78 is 5.85. The Morgan fingerprint density at radius 3 is 2.50 bits per heavy atom. The maximum absolute atomic E-state index is 12.4. The minimum Gasteiger partial charge on any atom is -0.483 e. The lowest BCUT2D eigenvalue weighted by molar-refractivity contribution is -0.134. The Kier molecular flexibility index (Phi) is 5.19. The first-order valence-electron chi connectivity index (χ1n) is 8.65. The number of ether oxygens (including phenoxy) is 1. The molecule has 1 fully saturated rings. The van der Waals surface area contributed by atoms with E-state index in [-0.39, 0.29) is 12.5 Å². The van der Waals surface area contributed by atoms with Gasteiger partial charge in [0.1, 0.15) is 5.75 Å². The number of amides is 1. The molecule has 0 aliphatic heterocycles. The molecule has 2 aromatic carbocycles. The molecule has 24 heavy (non-hydrogen) atoms. The lowest BCUT2D eigenvalue weighted by Crippen LogP contribution is -2.39. The second-order valence-electron chi connectivity index (χ2n) is 6.64. The highest BCUT2D eigenvalue weighted by molar-refractivity contribution is 5.77. The third-order valence-electron chi connectivity index (χ3n) is 4.87. The minimum atomic E-state index is 0.0453. The van der Waals surface area contributed by atoms with Crippen molar-refractivity contribution in [1.29, 1.82) is 0 Å². The molecule has 0 bridgehead atoms. The van der Waals surface area contributed by atoms with Crippen molar-refractivity contribution < 1.29 is 9.53 Å². The molecule has 0 heterocycles. The molecule has 2 aromatic rings. The smallest absolute Gasteiger partial charge is 0.260 e. The van der Waals surface area contributed by atoms with Crippen molar-refractivity contribution in [3.05, 3.63) is 65.7 Å². The van der Waals surface area contributed by atoms with E-state index in [2.05, 4.69) is 25.1 Å². The largest absolute Gasteiger partial charge is 0.483 e. The molecule has 1 aliphatic carbocycles. The van der Waals surface area contributed by atoms with Gasteiger partial charge in [0, 0.05) is 19.5 Å². The summed E-state index contributed by atoms with van der Waals surface area (Å²) >= 11 is 0. The zero-order chi connectivity index (χ0) is 16.9. The summed E-state index contributed by atoms with van der Waals surface area (Å²) in [5, 5.41) is 0. The Hall–Kier alpha value is -2.29. The van der Waals surface area contributed by atoms with Gasteiger partial charge in [-0.25, -0.2) is 0 Å². The summed E-state index contributed by atoms with van der Waals surface area (Å²) in [6.07, 6.45) is 3.28. The van der Waals surface area contributed by atoms with Gasteiger partial charge in [-0.3, -0.25) is 4.79 Å². The highest BCUT2D eigenvalue weighted by atomic mass is 16.5. The predicted octanol–water partition coefficient (Wildman–Crippen LogP) is 3.91. The average molecular weight is 323 g/mol. The number of likely N-dealkylation sites (N-methyl/N-ethyl adjacent to an activating group) is 1. The van der Waals surface area contributed by atoms with Crippen LogP contribution in [0.3, 0.4) is 0 Å². The van der Waals surface area contributed by atoms with Crippen molar-refractivity contribution in [1.82, 2.24) is 4.90 Å². The first kappa shape index (κ1) is 16.6. The molecular formula is C21H25NO2.